The Kier molecular flexibility index (Phi) is 6.70. The van der Waals surface area contributed by atoms with E-state index in [1.54, 1.807) is 0 Å². The van der Waals surface area contributed by atoms with E-state index >= 15 is 0 Å². The van der Waals surface area contributed by atoms with Gasteiger partial charge in [0.15, 0.2) is 0 Å². The van der Waals surface area contributed by atoms with Gasteiger partial charge in [-0.1, -0.05) is 20.3 Å². The van der Waals surface area contributed by atoms with Crippen LogP contribution in [-0.2, 0) is 9.53 Å². The van der Waals surface area contributed by atoms with Crippen LogP contribution in [0.15, 0.2) is 0 Å². The first-order chi connectivity index (χ1) is 5.76. The molecule has 0 spiro atoms. The van der Waals surface area contributed by atoms with Crippen molar-refractivity contribution < 1.29 is 9.53 Å². The van der Waals surface area contributed by atoms with Crippen LogP contribution in [0.5, 0.6) is 0 Å². The molecule has 0 aliphatic heterocycles. The molecular formula is C8H18N2O2. The summed E-state index contributed by atoms with van der Waals surface area (Å²) in [5, 5.41) is 0. The van der Waals surface area contributed by atoms with Crippen LogP contribution in [0.3, 0.4) is 0 Å². The van der Waals surface area contributed by atoms with Crippen molar-refractivity contribution in [2.45, 2.75) is 39.2 Å². The molecule has 0 aromatic rings. The van der Waals surface area contributed by atoms with Crippen LogP contribution in [0.25, 0.3) is 0 Å². The summed E-state index contributed by atoms with van der Waals surface area (Å²) >= 11 is 0. The molecule has 3 N–H and O–H groups in total. The molecule has 0 radical (unpaired) electrons. The predicted molar refractivity (Wildman–Crippen MR) is 47.3 cm³/mol. The van der Waals surface area contributed by atoms with Crippen molar-refractivity contribution in [1.29, 1.82) is 0 Å². The van der Waals surface area contributed by atoms with Gasteiger partial charge in [-0.25, -0.2) is 5.84 Å². The summed E-state index contributed by atoms with van der Waals surface area (Å²) in [7, 11) is 0. The van der Waals surface area contributed by atoms with E-state index in [-0.39, 0.29) is 12.0 Å². The Bertz CT molecular complexity index is 128. The van der Waals surface area contributed by atoms with Gasteiger partial charge in [0.2, 0.25) is 0 Å². The van der Waals surface area contributed by atoms with Crippen molar-refractivity contribution in [3.63, 3.8) is 0 Å². The summed E-state index contributed by atoms with van der Waals surface area (Å²) < 4.78 is 5.29. The molecule has 0 saturated carbocycles. The quantitative estimate of drug-likeness (QED) is 0.351. The van der Waals surface area contributed by atoms with E-state index in [0.29, 0.717) is 6.61 Å². The maximum atomic E-state index is 11.0. The van der Waals surface area contributed by atoms with E-state index in [1.807, 2.05) is 13.8 Å². The van der Waals surface area contributed by atoms with Crippen molar-refractivity contribution in [3.8, 4) is 0 Å². The smallest absolute Gasteiger partial charge is 0.262 e. The average Bonchev–Trinajstić information content (AvgIpc) is 2.11. The lowest BCUT2D eigenvalue weighted by atomic mass is 10.2. The molecule has 72 valence electrons. The van der Waals surface area contributed by atoms with E-state index < -0.39 is 0 Å². The van der Waals surface area contributed by atoms with Gasteiger partial charge in [0.25, 0.3) is 5.91 Å². The van der Waals surface area contributed by atoms with Crippen LogP contribution in [0.2, 0.25) is 0 Å². The third-order valence-electron chi connectivity index (χ3n) is 1.51. The molecule has 0 heterocycles. The zero-order valence-electron chi connectivity index (χ0n) is 7.80. The average molecular weight is 174 g/mol. The van der Waals surface area contributed by atoms with Gasteiger partial charge < -0.3 is 4.74 Å². The molecule has 0 rings (SSSR count). The number of rotatable bonds is 6. The third-order valence-corrected chi connectivity index (χ3v) is 1.51. The number of hydrogen-bond donors (Lipinski definition) is 2. The van der Waals surface area contributed by atoms with Gasteiger partial charge in [-0.15, -0.1) is 0 Å². The monoisotopic (exact) mass is 174 g/mol. The zero-order chi connectivity index (χ0) is 9.40. The largest absolute Gasteiger partial charge is 0.368 e. The Morgan fingerprint density at radius 3 is 2.58 bits per heavy atom. The number of ether oxygens (including phenoxy) is 1. The van der Waals surface area contributed by atoms with Crippen LogP contribution in [0.4, 0.5) is 0 Å². The van der Waals surface area contributed by atoms with Gasteiger partial charge >= 0.3 is 0 Å². The number of hydrazine groups is 1. The molecule has 0 saturated heterocycles. The van der Waals surface area contributed by atoms with Gasteiger partial charge in [-0.2, -0.15) is 0 Å². The molecule has 12 heavy (non-hydrogen) atoms. The molecule has 1 unspecified atom stereocenters. The van der Waals surface area contributed by atoms with Crippen molar-refractivity contribution in [3.05, 3.63) is 0 Å². The Balaban J connectivity index is 3.76. The Labute approximate surface area is 73.4 Å². The van der Waals surface area contributed by atoms with Gasteiger partial charge in [0.05, 0.1) is 0 Å². The first kappa shape index (κ1) is 11.4. The van der Waals surface area contributed by atoms with Crippen molar-refractivity contribution in [2.24, 2.45) is 5.84 Å². The SMILES string of the molecule is CCCOC(CCC)C(=O)NN. The van der Waals surface area contributed by atoms with E-state index in [0.717, 1.165) is 19.3 Å². The molecule has 0 aromatic carbocycles. The van der Waals surface area contributed by atoms with Gasteiger partial charge in [-0.05, 0) is 12.8 Å². The summed E-state index contributed by atoms with van der Waals surface area (Å²) in [6.07, 6.45) is 2.18. The van der Waals surface area contributed by atoms with Crippen LogP contribution >= 0.6 is 0 Å². The number of nitrogens with two attached hydrogens (primary N) is 1. The lowest BCUT2D eigenvalue weighted by molar-refractivity contribution is -0.133. The number of carbonyl (C=O) groups excluding carboxylic acids is 1. The second kappa shape index (κ2) is 7.06. The van der Waals surface area contributed by atoms with Crippen LogP contribution in [0.1, 0.15) is 33.1 Å². The lowest BCUT2D eigenvalue weighted by Gasteiger charge is -2.14. The van der Waals surface area contributed by atoms with Gasteiger partial charge in [-0.3, -0.25) is 10.2 Å². The fourth-order valence-electron chi connectivity index (χ4n) is 0.905. The lowest BCUT2D eigenvalue weighted by Crippen LogP contribution is -2.40. The molecule has 1 amide bonds. The van der Waals surface area contributed by atoms with Crippen LogP contribution in [-0.4, -0.2) is 18.6 Å². The molecule has 0 aromatic heterocycles. The second-order valence-electron chi connectivity index (χ2n) is 2.66. The first-order valence-electron chi connectivity index (χ1n) is 4.38. The van der Waals surface area contributed by atoms with Gasteiger partial charge in [0.1, 0.15) is 6.10 Å². The molecule has 1 atom stereocenters. The highest BCUT2D eigenvalue weighted by Gasteiger charge is 2.15. The standard InChI is InChI=1S/C8H18N2O2/c1-3-5-7(8(11)10-9)12-6-4-2/h7H,3-6,9H2,1-2H3,(H,10,11). The zero-order valence-corrected chi connectivity index (χ0v) is 7.80. The summed E-state index contributed by atoms with van der Waals surface area (Å²) in [5.41, 5.74) is 2.09. The van der Waals surface area contributed by atoms with E-state index in [9.17, 15) is 4.79 Å². The Morgan fingerprint density at radius 1 is 1.50 bits per heavy atom. The molecule has 0 bridgehead atoms. The van der Waals surface area contributed by atoms with Crippen LogP contribution < -0.4 is 11.3 Å². The molecule has 4 nitrogen and oxygen atoms in total. The number of hydrogen-bond acceptors (Lipinski definition) is 3. The van der Waals surface area contributed by atoms with E-state index in [1.165, 1.54) is 0 Å². The number of carbonyl (C=O) groups is 1. The molecular weight excluding hydrogens is 156 g/mol. The van der Waals surface area contributed by atoms with Gasteiger partial charge in [0, 0.05) is 6.61 Å². The minimum atomic E-state index is -0.375. The third kappa shape index (κ3) is 4.31. The maximum absolute atomic E-state index is 11.0. The highest BCUT2D eigenvalue weighted by molar-refractivity contribution is 5.80. The first-order valence-corrected chi connectivity index (χ1v) is 4.38. The molecule has 4 heteroatoms. The summed E-state index contributed by atoms with van der Waals surface area (Å²) in [4.78, 5) is 11.0. The predicted octanol–water partition coefficient (Wildman–Crippen LogP) is 0.572. The minimum Gasteiger partial charge on any atom is -0.368 e. The Hall–Kier alpha value is -0.610. The topological polar surface area (TPSA) is 64.3 Å². The van der Waals surface area contributed by atoms with Crippen molar-refractivity contribution in [2.75, 3.05) is 6.61 Å². The fourth-order valence-corrected chi connectivity index (χ4v) is 0.905. The normalized spacial score (nSPS) is 12.6. The number of amides is 1. The summed E-state index contributed by atoms with van der Waals surface area (Å²) in [6, 6.07) is 0. The van der Waals surface area contributed by atoms with E-state index in [4.69, 9.17) is 10.6 Å². The van der Waals surface area contributed by atoms with Crippen molar-refractivity contribution >= 4 is 5.91 Å². The maximum Gasteiger partial charge on any atom is 0.262 e. The summed E-state index contributed by atoms with van der Waals surface area (Å²) in [6.45, 7) is 4.62. The van der Waals surface area contributed by atoms with Crippen molar-refractivity contribution in [1.82, 2.24) is 5.43 Å². The molecule has 0 fully saturated rings. The Morgan fingerprint density at radius 2 is 2.17 bits per heavy atom. The second-order valence-corrected chi connectivity index (χ2v) is 2.66. The molecule has 0 aliphatic carbocycles. The highest BCUT2D eigenvalue weighted by Crippen LogP contribution is 2.02. The highest BCUT2D eigenvalue weighted by atomic mass is 16.5. The fraction of sp³-hybridized carbons (Fsp3) is 0.875. The summed E-state index contributed by atoms with van der Waals surface area (Å²) in [5.74, 6) is 4.76. The minimum absolute atomic E-state index is 0.231. The number of nitrogens with one attached hydrogen (secondary N) is 1. The molecule has 0 aliphatic rings. The van der Waals surface area contributed by atoms with E-state index in [2.05, 4.69) is 5.43 Å². The van der Waals surface area contributed by atoms with Crippen LogP contribution in [0, 0.1) is 0 Å².